The smallest absolute Gasteiger partial charge is 0.115 e. The number of hydrogen-bond acceptors (Lipinski definition) is 5. The Bertz CT molecular complexity index is 274. The summed E-state index contributed by atoms with van der Waals surface area (Å²) in [5.74, 6) is 0.322. The highest BCUT2D eigenvalue weighted by atomic mass is 16.3. The molecule has 1 saturated heterocycles. The van der Waals surface area contributed by atoms with Gasteiger partial charge in [0.25, 0.3) is 0 Å². The lowest BCUT2D eigenvalue weighted by molar-refractivity contribution is -0.0979. The Kier molecular flexibility index (Phi) is 11.1. The monoisotopic (exact) mass is 253 g/mol. The van der Waals surface area contributed by atoms with Crippen LogP contribution in [0.15, 0.2) is 30.3 Å². The van der Waals surface area contributed by atoms with Gasteiger partial charge in [-0.15, -0.1) is 0 Å². The second kappa shape index (κ2) is 12.0. The van der Waals surface area contributed by atoms with Gasteiger partial charge in [0.05, 0.1) is 0 Å². The van der Waals surface area contributed by atoms with Crippen LogP contribution in [0.1, 0.15) is 0 Å². The number of phenols is 1. The van der Waals surface area contributed by atoms with E-state index in [4.69, 9.17) is 15.6 Å². The molecule has 2 rings (SSSR count). The third-order valence-electron chi connectivity index (χ3n) is 2.41. The number of phenolic OH excluding ortho intramolecular Hbond substituents is 1. The number of carbonyl (C=O) groups is 1. The molecular formula is C13H23N3O2. The predicted molar refractivity (Wildman–Crippen MR) is 73.6 cm³/mol. The number of nitrogens with one attached hydrogen (secondary N) is 1. The van der Waals surface area contributed by atoms with E-state index in [2.05, 4.69) is 10.2 Å². The summed E-state index contributed by atoms with van der Waals surface area (Å²) in [5, 5.41) is 11.9. The van der Waals surface area contributed by atoms with Crippen LogP contribution in [-0.4, -0.2) is 56.1 Å². The van der Waals surface area contributed by atoms with E-state index in [1.54, 1.807) is 24.3 Å². The summed E-state index contributed by atoms with van der Waals surface area (Å²) >= 11 is 0. The van der Waals surface area contributed by atoms with Crippen LogP contribution in [0.2, 0.25) is 0 Å². The molecule has 0 aromatic heterocycles. The summed E-state index contributed by atoms with van der Waals surface area (Å²) < 4.78 is 0. The van der Waals surface area contributed by atoms with E-state index in [1.165, 1.54) is 0 Å². The van der Waals surface area contributed by atoms with Gasteiger partial charge >= 0.3 is 0 Å². The molecule has 18 heavy (non-hydrogen) atoms. The molecule has 1 aromatic carbocycles. The number of aromatic hydroxyl groups is 1. The first-order valence-electron chi connectivity index (χ1n) is 5.99. The van der Waals surface area contributed by atoms with Crippen LogP contribution >= 0.6 is 0 Å². The number of benzene rings is 1. The van der Waals surface area contributed by atoms with Gasteiger partial charge in [0, 0.05) is 39.3 Å². The Morgan fingerprint density at radius 1 is 1.22 bits per heavy atom. The zero-order valence-corrected chi connectivity index (χ0v) is 10.7. The van der Waals surface area contributed by atoms with Crippen molar-refractivity contribution in [3.63, 3.8) is 0 Å². The molecule has 5 heteroatoms. The number of nitrogens with two attached hydrogens (primary N) is 1. The number of carbonyl (C=O) groups excluding carboxylic acids is 1. The molecule has 0 radical (unpaired) electrons. The Balaban J connectivity index is 0.000000289. The molecule has 102 valence electrons. The molecule has 0 amide bonds. The summed E-state index contributed by atoms with van der Waals surface area (Å²) in [7, 11) is 0. The molecule has 1 heterocycles. The zero-order valence-electron chi connectivity index (χ0n) is 10.7. The van der Waals surface area contributed by atoms with Gasteiger partial charge in [0.1, 0.15) is 12.5 Å². The molecule has 0 spiro atoms. The molecule has 0 atom stereocenters. The van der Waals surface area contributed by atoms with Crippen molar-refractivity contribution in [3.8, 4) is 5.75 Å². The van der Waals surface area contributed by atoms with Crippen molar-refractivity contribution in [3.05, 3.63) is 30.3 Å². The Morgan fingerprint density at radius 2 is 1.78 bits per heavy atom. The van der Waals surface area contributed by atoms with Crippen molar-refractivity contribution >= 4 is 6.79 Å². The molecule has 1 aliphatic heterocycles. The third kappa shape index (κ3) is 8.69. The fourth-order valence-electron chi connectivity index (χ4n) is 1.55. The van der Waals surface area contributed by atoms with Crippen molar-refractivity contribution in [1.29, 1.82) is 0 Å². The number of piperazine rings is 1. The van der Waals surface area contributed by atoms with E-state index in [0.29, 0.717) is 5.75 Å². The van der Waals surface area contributed by atoms with Crippen LogP contribution < -0.4 is 11.1 Å². The average molecular weight is 253 g/mol. The lowest BCUT2D eigenvalue weighted by Gasteiger charge is -2.26. The summed E-state index contributed by atoms with van der Waals surface area (Å²) in [6.07, 6.45) is 0. The van der Waals surface area contributed by atoms with E-state index in [0.717, 1.165) is 39.3 Å². The number of para-hydroxylation sites is 1. The molecule has 0 aliphatic carbocycles. The molecule has 5 nitrogen and oxygen atoms in total. The van der Waals surface area contributed by atoms with E-state index >= 15 is 0 Å². The fourth-order valence-corrected chi connectivity index (χ4v) is 1.55. The van der Waals surface area contributed by atoms with Gasteiger partial charge in [-0.3, -0.25) is 4.90 Å². The Hall–Kier alpha value is -1.43. The van der Waals surface area contributed by atoms with Gasteiger partial charge in [-0.25, -0.2) is 0 Å². The highest BCUT2D eigenvalue weighted by Gasteiger charge is 2.06. The van der Waals surface area contributed by atoms with Gasteiger partial charge in [0.15, 0.2) is 0 Å². The molecule has 1 fully saturated rings. The van der Waals surface area contributed by atoms with E-state index in [1.807, 2.05) is 12.9 Å². The minimum absolute atomic E-state index is 0.322. The van der Waals surface area contributed by atoms with Crippen molar-refractivity contribution in [1.82, 2.24) is 10.2 Å². The van der Waals surface area contributed by atoms with Crippen LogP contribution in [-0.2, 0) is 4.79 Å². The first-order chi connectivity index (χ1) is 8.83. The van der Waals surface area contributed by atoms with Crippen LogP contribution in [0.25, 0.3) is 0 Å². The average Bonchev–Trinajstić information content (AvgIpc) is 2.44. The molecular weight excluding hydrogens is 230 g/mol. The van der Waals surface area contributed by atoms with Crippen molar-refractivity contribution in [2.75, 3.05) is 39.3 Å². The van der Waals surface area contributed by atoms with Gasteiger partial charge in [0.2, 0.25) is 0 Å². The normalized spacial score (nSPS) is 14.7. The summed E-state index contributed by atoms with van der Waals surface area (Å²) in [6.45, 7) is 8.43. The second-order valence-corrected chi connectivity index (χ2v) is 3.72. The van der Waals surface area contributed by atoms with Gasteiger partial charge in [-0.2, -0.15) is 0 Å². The molecule has 0 saturated carbocycles. The first kappa shape index (κ1) is 16.6. The molecule has 4 N–H and O–H groups in total. The highest BCUT2D eigenvalue weighted by molar-refractivity contribution is 5.18. The largest absolute Gasteiger partial charge is 0.508 e. The quantitative estimate of drug-likeness (QED) is 0.694. The number of nitrogens with zero attached hydrogens (tertiary/aromatic N) is 1. The van der Waals surface area contributed by atoms with Gasteiger partial charge in [-0.05, 0) is 12.1 Å². The Morgan fingerprint density at radius 3 is 2.17 bits per heavy atom. The minimum atomic E-state index is 0.322. The van der Waals surface area contributed by atoms with Crippen LogP contribution in [0.4, 0.5) is 0 Å². The van der Waals surface area contributed by atoms with E-state index in [9.17, 15) is 0 Å². The van der Waals surface area contributed by atoms with Crippen LogP contribution in [0.3, 0.4) is 0 Å². The summed E-state index contributed by atoms with van der Waals surface area (Å²) in [6, 6.07) is 8.71. The van der Waals surface area contributed by atoms with Crippen LogP contribution in [0, 0.1) is 0 Å². The maximum Gasteiger partial charge on any atom is 0.115 e. The molecule has 0 bridgehead atoms. The second-order valence-electron chi connectivity index (χ2n) is 3.72. The number of hydrogen-bond donors (Lipinski definition) is 3. The molecule has 1 aliphatic rings. The maximum absolute atomic E-state index is 8.63. The predicted octanol–water partition coefficient (Wildman–Crippen LogP) is 0.0576. The maximum atomic E-state index is 8.63. The van der Waals surface area contributed by atoms with Gasteiger partial charge < -0.3 is 21.0 Å². The lowest BCUT2D eigenvalue weighted by atomic mass is 10.3. The lowest BCUT2D eigenvalue weighted by Crippen LogP contribution is -2.45. The molecule has 0 unspecified atom stereocenters. The highest BCUT2D eigenvalue weighted by Crippen LogP contribution is 2.02. The minimum Gasteiger partial charge on any atom is -0.508 e. The standard InChI is InChI=1S/C6H15N3.C6H6O.CH2O/c7-1-4-9-5-2-8-3-6-9;7-6-4-2-1-3-5-6;1-2/h8H,1-7H2;1-5,7H;1H2. The number of rotatable bonds is 2. The van der Waals surface area contributed by atoms with Gasteiger partial charge in [-0.1, -0.05) is 18.2 Å². The van der Waals surface area contributed by atoms with E-state index in [-0.39, 0.29) is 0 Å². The SMILES string of the molecule is C=O.NCCN1CCNCC1.Oc1ccccc1. The van der Waals surface area contributed by atoms with Crippen LogP contribution in [0.5, 0.6) is 5.75 Å². The third-order valence-corrected chi connectivity index (χ3v) is 2.41. The summed E-state index contributed by atoms with van der Waals surface area (Å²) in [4.78, 5) is 10.4. The fraction of sp³-hybridized carbons (Fsp3) is 0.462. The van der Waals surface area contributed by atoms with Crippen molar-refractivity contribution in [2.24, 2.45) is 5.73 Å². The topological polar surface area (TPSA) is 78.6 Å². The van der Waals surface area contributed by atoms with E-state index < -0.39 is 0 Å². The first-order valence-corrected chi connectivity index (χ1v) is 5.99. The van der Waals surface area contributed by atoms with Crippen molar-refractivity contribution < 1.29 is 9.90 Å². The van der Waals surface area contributed by atoms with Crippen molar-refractivity contribution in [2.45, 2.75) is 0 Å². The Labute approximate surface area is 109 Å². The molecule has 1 aromatic rings. The zero-order chi connectivity index (χ0) is 13.6. The summed E-state index contributed by atoms with van der Waals surface area (Å²) in [5.41, 5.74) is 5.40.